The Bertz CT molecular complexity index is 1330. The molecule has 0 aliphatic heterocycles. The molecule has 0 unspecified atom stereocenters. The molecule has 158 valence electrons. The summed E-state index contributed by atoms with van der Waals surface area (Å²) in [6.45, 7) is 0. The molecule has 0 spiro atoms. The van der Waals surface area contributed by atoms with Crippen LogP contribution in [0.1, 0.15) is 16.1 Å². The molecule has 6 nitrogen and oxygen atoms in total. The van der Waals surface area contributed by atoms with E-state index in [1.54, 1.807) is 24.3 Å². The Kier molecular flexibility index (Phi) is 5.28. The van der Waals surface area contributed by atoms with E-state index in [2.05, 4.69) is 10.1 Å². The lowest BCUT2D eigenvalue weighted by Gasteiger charge is -2.22. The number of aromatic nitrogens is 3. The smallest absolute Gasteiger partial charge is 0.268 e. The first-order valence-corrected chi connectivity index (χ1v) is 9.96. The predicted octanol–water partition coefficient (Wildman–Crippen LogP) is 5.04. The molecule has 31 heavy (non-hydrogen) atoms. The highest BCUT2D eigenvalue weighted by Crippen LogP contribution is 2.40. The summed E-state index contributed by atoms with van der Waals surface area (Å²) in [6, 6.07) is 12.1. The van der Waals surface area contributed by atoms with Crippen LogP contribution in [0.4, 0.5) is 24.0 Å². The highest BCUT2D eigenvalue weighted by atomic mass is 35.5. The predicted molar refractivity (Wildman–Crippen MR) is 112 cm³/mol. The van der Waals surface area contributed by atoms with Gasteiger partial charge in [0, 0.05) is 13.1 Å². The topological polar surface area (TPSA) is 68.1 Å². The summed E-state index contributed by atoms with van der Waals surface area (Å²) >= 11 is 7.33. The molecule has 1 amide bonds. The number of hydrogen-bond acceptors (Lipinski definition) is 5. The molecule has 0 fully saturated rings. The number of carbonyl (C=O) groups excluding carboxylic acids is 1. The van der Waals surface area contributed by atoms with Crippen LogP contribution in [0.3, 0.4) is 0 Å². The number of fused-ring (bicyclic) bond motifs is 1. The summed E-state index contributed by atoms with van der Waals surface area (Å²) in [4.78, 5) is 30.4. The van der Waals surface area contributed by atoms with Gasteiger partial charge in [0.05, 0.1) is 26.5 Å². The maximum atomic E-state index is 13.4. The van der Waals surface area contributed by atoms with Gasteiger partial charge in [-0.1, -0.05) is 35.1 Å². The van der Waals surface area contributed by atoms with Crippen molar-refractivity contribution in [2.45, 2.75) is 6.18 Å². The van der Waals surface area contributed by atoms with Gasteiger partial charge in [0.25, 0.3) is 11.5 Å². The first kappa shape index (κ1) is 21.0. The van der Waals surface area contributed by atoms with Gasteiger partial charge < -0.3 is 0 Å². The third-order valence-corrected chi connectivity index (χ3v) is 5.71. The number of halogens is 4. The Labute approximate surface area is 182 Å². The zero-order valence-electron chi connectivity index (χ0n) is 15.7. The Morgan fingerprint density at radius 3 is 2.55 bits per heavy atom. The molecule has 0 atom stereocenters. The summed E-state index contributed by atoms with van der Waals surface area (Å²) in [6.07, 6.45) is -4.64. The first-order chi connectivity index (χ1) is 14.6. The van der Waals surface area contributed by atoms with Crippen molar-refractivity contribution in [3.63, 3.8) is 0 Å². The van der Waals surface area contributed by atoms with Gasteiger partial charge in [-0.2, -0.15) is 18.3 Å². The minimum absolute atomic E-state index is 0.0783. The van der Waals surface area contributed by atoms with Gasteiger partial charge in [-0.15, -0.1) is 0 Å². The van der Waals surface area contributed by atoms with E-state index in [0.717, 1.165) is 49.9 Å². The molecule has 4 aromatic rings. The molecule has 0 aliphatic carbocycles. The molecule has 0 bridgehead atoms. The zero-order chi connectivity index (χ0) is 22.3. The van der Waals surface area contributed by atoms with Crippen LogP contribution in [0, 0.1) is 0 Å². The summed E-state index contributed by atoms with van der Waals surface area (Å²) in [5.74, 6) is -0.782. The van der Waals surface area contributed by atoms with Crippen molar-refractivity contribution in [2.24, 2.45) is 7.05 Å². The highest BCUT2D eigenvalue weighted by Gasteiger charge is 2.33. The zero-order valence-corrected chi connectivity index (χ0v) is 17.3. The van der Waals surface area contributed by atoms with Gasteiger partial charge in [-0.25, -0.2) is 14.6 Å². The van der Waals surface area contributed by atoms with E-state index in [1.165, 1.54) is 13.1 Å². The lowest BCUT2D eigenvalue weighted by Crippen LogP contribution is -2.30. The van der Waals surface area contributed by atoms with Crippen LogP contribution in [0.5, 0.6) is 0 Å². The first-order valence-electron chi connectivity index (χ1n) is 8.76. The monoisotopic (exact) mass is 464 g/mol. The molecule has 11 heteroatoms. The molecule has 0 radical (unpaired) electrons. The van der Waals surface area contributed by atoms with Crippen molar-refractivity contribution < 1.29 is 18.0 Å². The van der Waals surface area contributed by atoms with E-state index in [-0.39, 0.29) is 21.5 Å². The maximum absolute atomic E-state index is 13.4. The molecule has 2 heterocycles. The number of hydrogen-bond donors (Lipinski definition) is 0. The van der Waals surface area contributed by atoms with Crippen molar-refractivity contribution in [3.8, 4) is 0 Å². The number of amides is 1. The molecular weight excluding hydrogens is 453 g/mol. The van der Waals surface area contributed by atoms with Gasteiger partial charge >= 0.3 is 6.18 Å². The fourth-order valence-electron chi connectivity index (χ4n) is 2.85. The molecule has 2 aromatic carbocycles. The summed E-state index contributed by atoms with van der Waals surface area (Å²) in [7, 11) is 1.36. The van der Waals surface area contributed by atoms with Crippen LogP contribution >= 0.6 is 22.9 Å². The van der Waals surface area contributed by atoms with Gasteiger partial charge in [0.1, 0.15) is 5.69 Å². The standard InChI is InChI=1S/C20H12ClF3N4O2S/c1-27-17(29)9-8-14(26-27)18(30)28(19-25-13-4-2-3-5-16(13)31-19)15-10-11(20(22,23)24)6-7-12(15)21/h2-10H,1H3. The van der Waals surface area contributed by atoms with E-state index in [9.17, 15) is 22.8 Å². The van der Waals surface area contributed by atoms with E-state index in [0.29, 0.717) is 5.52 Å². The molecular formula is C20H12ClF3N4O2S. The van der Waals surface area contributed by atoms with E-state index >= 15 is 0 Å². The minimum atomic E-state index is -4.64. The van der Waals surface area contributed by atoms with Gasteiger partial charge in [-0.05, 0) is 36.4 Å². The van der Waals surface area contributed by atoms with Crippen LogP contribution < -0.4 is 10.5 Å². The van der Waals surface area contributed by atoms with Crippen LogP contribution in [0.25, 0.3) is 10.2 Å². The number of rotatable bonds is 3. The Balaban J connectivity index is 1.94. The summed E-state index contributed by atoms with van der Waals surface area (Å²) in [5, 5.41) is 3.96. The molecule has 0 saturated carbocycles. The fourth-order valence-corrected chi connectivity index (χ4v) is 4.03. The highest BCUT2D eigenvalue weighted by molar-refractivity contribution is 7.22. The molecule has 0 aliphatic rings. The SMILES string of the molecule is Cn1nc(C(=O)N(c2nc3ccccc3s2)c2cc(C(F)(F)F)ccc2Cl)ccc1=O. The number of nitrogens with zero attached hydrogens (tertiary/aromatic N) is 4. The van der Waals surface area contributed by atoms with Crippen molar-refractivity contribution in [3.05, 3.63) is 81.2 Å². The van der Waals surface area contributed by atoms with Crippen LogP contribution in [-0.2, 0) is 13.2 Å². The lowest BCUT2D eigenvalue weighted by molar-refractivity contribution is -0.137. The van der Waals surface area contributed by atoms with Gasteiger partial charge in [0.2, 0.25) is 0 Å². The van der Waals surface area contributed by atoms with Crippen molar-refractivity contribution in [1.29, 1.82) is 0 Å². The number of carbonyl (C=O) groups is 1. The maximum Gasteiger partial charge on any atom is 0.416 e. The second kappa shape index (κ2) is 7.78. The summed E-state index contributed by atoms with van der Waals surface area (Å²) in [5.41, 5.74) is -1.21. The second-order valence-electron chi connectivity index (χ2n) is 6.45. The number of aryl methyl sites for hydroxylation is 1. The van der Waals surface area contributed by atoms with Crippen LogP contribution in [0.15, 0.2) is 59.4 Å². The third kappa shape index (κ3) is 4.04. The van der Waals surface area contributed by atoms with Crippen molar-refractivity contribution >= 4 is 49.9 Å². The number of para-hydroxylation sites is 1. The lowest BCUT2D eigenvalue weighted by atomic mass is 10.1. The average Bonchev–Trinajstić information content (AvgIpc) is 3.14. The molecule has 0 N–H and O–H groups in total. The second-order valence-corrected chi connectivity index (χ2v) is 7.87. The molecule has 4 rings (SSSR count). The average molecular weight is 465 g/mol. The van der Waals surface area contributed by atoms with Gasteiger partial charge in [0.15, 0.2) is 5.13 Å². The minimum Gasteiger partial charge on any atom is -0.268 e. The van der Waals surface area contributed by atoms with Crippen molar-refractivity contribution in [1.82, 2.24) is 14.8 Å². The van der Waals surface area contributed by atoms with Crippen LogP contribution in [-0.4, -0.2) is 20.7 Å². The number of alkyl halides is 3. The van der Waals surface area contributed by atoms with E-state index in [1.807, 2.05) is 0 Å². The summed E-state index contributed by atoms with van der Waals surface area (Å²) < 4.78 is 41.7. The quantitative estimate of drug-likeness (QED) is 0.426. The van der Waals surface area contributed by atoms with Crippen molar-refractivity contribution in [2.75, 3.05) is 4.90 Å². The Morgan fingerprint density at radius 2 is 1.87 bits per heavy atom. The fraction of sp³-hybridized carbons (Fsp3) is 0.100. The van der Waals surface area contributed by atoms with E-state index < -0.39 is 23.2 Å². The van der Waals surface area contributed by atoms with E-state index in [4.69, 9.17) is 11.6 Å². The largest absolute Gasteiger partial charge is 0.416 e. The third-order valence-electron chi connectivity index (χ3n) is 4.37. The number of benzene rings is 2. The number of anilines is 2. The molecule has 0 saturated heterocycles. The molecule has 2 aromatic heterocycles. The Hall–Kier alpha value is -3.24. The number of thiazole rings is 1. The van der Waals surface area contributed by atoms with Crippen LogP contribution in [0.2, 0.25) is 5.02 Å². The van der Waals surface area contributed by atoms with Gasteiger partial charge in [-0.3, -0.25) is 9.59 Å². The normalized spacial score (nSPS) is 11.6. The Morgan fingerprint density at radius 1 is 1.13 bits per heavy atom.